The molecular formula is C16H13ClN2O4. The Labute approximate surface area is 137 Å². The largest absolute Gasteiger partial charge is 0.508 e. The SMILES string of the molecule is CNC1=C([N+](=O)[O-])C(c2cc(Cl)ccc2O)c2ccccc2O1. The molecular weight excluding hydrogens is 320 g/mol. The molecule has 0 spiro atoms. The Morgan fingerprint density at radius 1 is 1.26 bits per heavy atom. The van der Waals surface area contributed by atoms with Gasteiger partial charge in [0.25, 0.3) is 5.88 Å². The quantitative estimate of drug-likeness (QED) is 0.666. The molecule has 6 nitrogen and oxygen atoms in total. The van der Waals surface area contributed by atoms with Crippen molar-refractivity contribution in [2.24, 2.45) is 0 Å². The van der Waals surface area contributed by atoms with Crippen molar-refractivity contribution >= 4 is 11.6 Å². The monoisotopic (exact) mass is 332 g/mol. The van der Waals surface area contributed by atoms with E-state index in [1.54, 1.807) is 31.3 Å². The van der Waals surface area contributed by atoms with Crippen LogP contribution in [-0.4, -0.2) is 17.1 Å². The normalized spacial score (nSPS) is 16.5. The summed E-state index contributed by atoms with van der Waals surface area (Å²) >= 11 is 6.02. The van der Waals surface area contributed by atoms with Crippen molar-refractivity contribution in [1.29, 1.82) is 0 Å². The molecule has 0 saturated heterocycles. The third-order valence-electron chi connectivity index (χ3n) is 3.67. The molecule has 118 valence electrons. The van der Waals surface area contributed by atoms with Gasteiger partial charge >= 0.3 is 5.70 Å². The summed E-state index contributed by atoms with van der Waals surface area (Å²) in [6.45, 7) is 0. The molecule has 1 heterocycles. The molecule has 2 N–H and O–H groups in total. The topological polar surface area (TPSA) is 84.6 Å². The van der Waals surface area contributed by atoms with Crippen LogP contribution in [0, 0.1) is 10.1 Å². The van der Waals surface area contributed by atoms with E-state index in [0.29, 0.717) is 21.9 Å². The third-order valence-corrected chi connectivity index (χ3v) is 3.91. The standard InChI is InChI=1S/C16H13ClN2O4/c1-18-16-15(19(21)22)14(10-4-2-3-5-13(10)23-16)11-8-9(17)6-7-12(11)20/h2-8,14,18,20H,1H3. The Hall–Kier alpha value is -2.73. The van der Waals surface area contributed by atoms with Crippen LogP contribution in [0.2, 0.25) is 5.02 Å². The first kappa shape index (κ1) is 15.2. The minimum absolute atomic E-state index is 0.0399. The fourth-order valence-electron chi connectivity index (χ4n) is 2.69. The summed E-state index contributed by atoms with van der Waals surface area (Å²) in [6.07, 6.45) is 0. The molecule has 1 unspecified atom stereocenters. The van der Waals surface area contributed by atoms with Crippen molar-refractivity contribution in [3.8, 4) is 11.5 Å². The summed E-state index contributed by atoms with van der Waals surface area (Å²) in [5.41, 5.74) is 0.771. The Bertz CT molecular complexity index is 819. The highest BCUT2D eigenvalue weighted by Crippen LogP contribution is 2.45. The number of phenols is 1. The van der Waals surface area contributed by atoms with Crippen molar-refractivity contribution < 1.29 is 14.8 Å². The highest BCUT2D eigenvalue weighted by molar-refractivity contribution is 6.30. The number of fused-ring (bicyclic) bond motifs is 1. The Morgan fingerprint density at radius 3 is 2.70 bits per heavy atom. The summed E-state index contributed by atoms with van der Waals surface area (Å²) in [6, 6.07) is 11.5. The molecule has 1 atom stereocenters. The second-order valence-corrected chi connectivity index (χ2v) is 5.43. The van der Waals surface area contributed by atoms with E-state index >= 15 is 0 Å². The van der Waals surface area contributed by atoms with Gasteiger partial charge in [-0.05, 0) is 24.3 Å². The van der Waals surface area contributed by atoms with E-state index in [4.69, 9.17) is 16.3 Å². The minimum atomic E-state index is -0.795. The average molecular weight is 333 g/mol. The number of hydrogen-bond donors (Lipinski definition) is 2. The van der Waals surface area contributed by atoms with Crippen molar-refractivity contribution in [3.63, 3.8) is 0 Å². The molecule has 0 saturated carbocycles. The van der Waals surface area contributed by atoms with Gasteiger partial charge in [0.2, 0.25) is 0 Å². The first-order valence-electron chi connectivity index (χ1n) is 6.84. The average Bonchev–Trinajstić information content (AvgIpc) is 2.55. The van der Waals surface area contributed by atoms with Crippen LogP contribution in [0.3, 0.4) is 0 Å². The van der Waals surface area contributed by atoms with Crippen molar-refractivity contribution in [3.05, 3.63) is 80.3 Å². The van der Waals surface area contributed by atoms with Gasteiger partial charge < -0.3 is 15.2 Å². The molecule has 0 fully saturated rings. The number of benzene rings is 2. The number of ether oxygens (including phenoxy) is 1. The lowest BCUT2D eigenvalue weighted by Gasteiger charge is -2.26. The smallest absolute Gasteiger partial charge is 0.317 e. The second kappa shape index (κ2) is 5.81. The maximum atomic E-state index is 11.6. The van der Waals surface area contributed by atoms with Gasteiger partial charge in [0, 0.05) is 23.2 Å². The van der Waals surface area contributed by atoms with Crippen LogP contribution in [0.15, 0.2) is 54.0 Å². The highest BCUT2D eigenvalue weighted by atomic mass is 35.5. The second-order valence-electron chi connectivity index (χ2n) is 5.00. The van der Waals surface area contributed by atoms with Crippen molar-refractivity contribution in [2.45, 2.75) is 5.92 Å². The van der Waals surface area contributed by atoms with Gasteiger partial charge in [-0.25, -0.2) is 0 Å². The van der Waals surface area contributed by atoms with Crippen LogP contribution in [0.5, 0.6) is 11.5 Å². The van der Waals surface area contributed by atoms with Gasteiger partial charge in [0.05, 0.1) is 4.92 Å². The molecule has 0 amide bonds. The van der Waals surface area contributed by atoms with Gasteiger partial charge in [-0.2, -0.15) is 0 Å². The number of rotatable bonds is 3. The van der Waals surface area contributed by atoms with E-state index in [0.717, 1.165) is 0 Å². The van der Waals surface area contributed by atoms with Gasteiger partial charge in [-0.1, -0.05) is 29.8 Å². The number of phenolic OH excluding ortho intramolecular Hbond substituents is 1. The Kier molecular flexibility index (Phi) is 3.83. The lowest BCUT2D eigenvalue weighted by molar-refractivity contribution is -0.432. The summed E-state index contributed by atoms with van der Waals surface area (Å²) in [7, 11) is 1.54. The number of para-hydroxylation sites is 1. The lowest BCUT2D eigenvalue weighted by atomic mass is 9.86. The van der Waals surface area contributed by atoms with Crippen LogP contribution in [0.25, 0.3) is 0 Å². The van der Waals surface area contributed by atoms with E-state index in [9.17, 15) is 15.2 Å². The van der Waals surface area contributed by atoms with Gasteiger partial charge in [-0.3, -0.25) is 10.1 Å². The van der Waals surface area contributed by atoms with E-state index in [1.165, 1.54) is 18.2 Å². The zero-order valence-electron chi connectivity index (χ0n) is 12.1. The number of halogens is 1. The molecule has 1 aliphatic heterocycles. The number of hydrogen-bond acceptors (Lipinski definition) is 5. The summed E-state index contributed by atoms with van der Waals surface area (Å²) in [4.78, 5) is 11.1. The summed E-state index contributed by atoms with van der Waals surface area (Å²) in [5.74, 6) is -0.327. The number of aromatic hydroxyl groups is 1. The van der Waals surface area contributed by atoms with E-state index in [1.807, 2.05) is 0 Å². The van der Waals surface area contributed by atoms with E-state index in [-0.39, 0.29) is 17.3 Å². The zero-order valence-corrected chi connectivity index (χ0v) is 12.9. The van der Waals surface area contributed by atoms with Crippen LogP contribution in [0.1, 0.15) is 17.0 Å². The molecule has 3 rings (SSSR count). The van der Waals surface area contributed by atoms with Crippen molar-refractivity contribution in [1.82, 2.24) is 5.32 Å². The molecule has 0 radical (unpaired) electrons. The maximum absolute atomic E-state index is 11.6. The summed E-state index contributed by atoms with van der Waals surface area (Å²) in [5, 5.41) is 24.9. The first-order chi connectivity index (χ1) is 11.0. The third kappa shape index (κ3) is 2.57. The number of nitrogens with one attached hydrogen (secondary N) is 1. The van der Waals surface area contributed by atoms with Gasteiger partial charge in [0.1, 0.15) is 17.4 Å². The maximum Gasteiger partial charge on any atom is 0.317 e. The molecule has 0 aliphatic carbocycles. The molecule has 0 aromatic heterocycles. The molecule has 1 aliphatic rings. The molecule has 23 heavy (non-hydrogen) atoms. The fraction of sp³-hybridized carbons (Fsp3) is 0.125. The minimum Gasteiger partial charge on any atom is -0.508 e. The molecule has 2 aromatic carbocycles. The summed E-state index contributed by atoms with van der Waals surface area (Å²) < 4.78 is 5.59. The highest BCUT2D eigenvalue weighted by Gasteiger charge is 2.40. The van der Waals surface area contributed by atoms with Crippen LogP contribution in [-0.2, 0) is 0 Å². The van der Waals surface area contributed by atoms with Crippen LogP contribution in [0.4, 0.5) is 0 Å². The number of allylic oxidation sites excluding steroid dienone is 1. The molecule has 7 heteroatoms. The van der Waals surface area contributed by atoms with Crippen LogP contribution >= 0.6 is 11.6 Å². The fourth-order valence-corrected chi connectivity index (χ4v) is 2.87. The van der Waals surface area contributed by atoms with Gasteiger partial charge in [-0.15, -0.1) is 0 Å². The molecule has 0 bridgehead atoms. The first-order valence-corrected chi connectivity index (χ1v) is 7.22. The van der Waals surface area contributed by atoms with E-state index in [2.05, 4.69) is 5.32 Å². The zero-order chi connectivity index (χ0) is 16.6. The van der Waals surface area contributed by atoms with Crippen molar-refractivity contribution in [2.75, 3.05) is 7.05 Å². The predicted octanol–water partition coefficient (Wildman–Crippen LogP) is 3.24. The predicted molar refractivity (Wildman–Crippen MR) is 85.1 cm³/mol. The van der Waals surface area contributed by atoms with Crippen LogP contribution < -0.4 is 10.1 Å². The van der Waals surface area contributed by atoms with E-state index < -0.39 is 10.8 Å². The Balaban J connectivity index is 2.31. The van der Waals surface area contributed by atoms with Gasteiger partial charge in [0.15, 0.2) is 0 Å². The lowest BCUT2D eigenvalue weighted by Crippen LogP contribution is -2.27. The number of nitrogens with zero attached hydrogens (tertiary/aromatic N) is 1. The Morgan fingerprint density at radius 2 is 2.00 bits per heavy atom. The molecule has 2 aromatic rings. The number of nitro groups is 1.